The van der Waals surface area contributed by atoms with Crippen LogP contribution in [0.3, 0.4) is 0 Å². The van der Waals surface area contributed by atoms with Gasteiger partial charge in [-0.15, -0.1) is 0 Å². The molecule has 0 aromatic carbocycles. The van der Waals surface area contributed by atoms with Crippen molar-refractivity contribution in [1.29, 1.82) is 0 Å². The average molecular weight is 452 g/mol. The lowest BCUT2D eigenvalue weighted by Crippen LogP contribution is -2.60. The van der Waals surface area contributed by atoms with Gasteiger partial charge in [-0.2, -0.15) is 39.5 Å². The Balaban J connectivity index is 3.25. The van der Waals surface area contributed by atoms with E-state index < -0.39 is 67.6 Å². The van der Waals surface area contributed by atoms with Crippen molar-refractivity contribution in [3.05, 3.63) is 0 Å². The zero-order chi connectivity index (χ0) is 22.8. The van der Waals surface area contributed by atoms with Crippen LogP contribution < -0.4 is 0 Å². The smallest absolute Gasteiger partial charge is 0.449 e. The molecule has 0 spiro atoms. The number of halogens is 9. The van der Waals surface area contributed by atoms with Gasteiger partial charge in [0.15, 0.2) is 24.6 Å². The van der Waals surface area contributed by atoms with Crippen molar-refractivity contribution in [2.24, 2.45) is 0 Å². The van der Waals surface area contributed by atoms with Gasteiger partial charge in [0.25, 0.3) is 0 Å². The van der Waals surface area contributed by atoms with Crippen LogP contribution >= 0.6 is 0 Å². The maximum Gasteiger partial charge on any atom is 0.490 e. The first-order valence-corrected chi connectivity index (χ1v) is 6.96. The van der Waals surface area contributed by atoms with Gasteiger partial charge in [0, 0.05) is 7.11 Å². The number of hydrogen-bond donors (Lipinski definition) is 0. The zero-order valence-corrected chi connectivity index (χ0v) is 13.7. The summed E-state index contributed by atoms with van der Waals surface area (Å²) in [6.45, 7) is -1.21. The Morgan fingerprint density at radius 2 is 1.10 bits per heavy atom. The standard InChI is InChI=1S/C12H9F9O8/c1-25-6-5(29-9(24)12(19,20)21)4(28-8(23)11(16,17)18)3(2-26-6)27-7(22)10(13,14)15/h3-6H,2H2,1H3/t3-,4+,5+,6-/m1/s1. The van der Waals surface area contributed by atoms with Crippen LogP contribution in [0.25, 0.3) is 0 Å². The number of carbonyl (C=O) groups is 3. The molecule has 1 saturated heterocycles. The van der Waals surface area contributed by atoms with Gasteiger partial charge in [-0.25, -0.2) is 14.4 Å². The van der Waals surface area contributed by atoms with Gasteiger partial charge in [0.1, 0.15) is 0 Å². The second kappa shape index (κ2) is 8.60. The first-order chi connectivity index (χ1) is 13.0. The Morgan fingerprint density at radius 1 is 0.724 bits per heavy atom. The molecule has 0 saturated carbocycles. The first kappa shape index (κ1) is 24.7. The highest BCUT2D eigenvalue weighted by Crippen LogP contribution is 2.30. The fourth-order valence-corrected chi connectivity index (χ4v) is 1.90. The maximum atomic E-state index is 12.4. The number of esters is 3. The van der Waals surface area contributed by atoms with E-state index in [0.29, 0.717) is 7.11 Å². The molecule has 0 unspecified atom stereocenters. The van der Waals surface area contributed by atoms with E-state index in [-0.39, 0.29) is 0 Å². The van der Waals surface area contributed by atoms with Gasteiger partial charge in [-0.05, 0) is 0 Å². The van der Waals surface area contributed by atoms with Crippen molar-refractivity contribution >= 4 is 17.9 Å². The minimum Gasteiger partial charge on any atom is -0.449 e. The lowest BCUT2D eigenvalue weighted by molar-refractivity contribution is -0.294. The zero-order valence-electron chi connectivity index (χ0n) is 13.7. The molecule has 8 nitrogen and oxygen atoms in total. The second-order valence-corrected chi connectivity index (χ2v) is 5.11. The van der Waals surface area contributed by atoms with Crippen molar-refractivity contribution in [2.45, 2.75) is 43.1 Å². The molecule has 0 aromatic heterocycles. The quantitative estimate of drug-likeness (QED) is 0.359. The lowest BCUT2D eigenvalue weighted by Gasteiger charge is -2.40. The number of hydrogen-bond acceptors (Lipinski definition) is 8. The Hall–Kier alpha value is -2.30. The number of alkyl halides is 9. The minimum absolute atomic E-state index is 0.712. The van der Waals surface area contributed by atoms with E-state index in [0.717, 1.165) is 0 Å². The van der Waals surface area contributed by atoms with Crippen LogP contribution in [0.15, 0.2) is 0 Å². The average Bonchev–Trinajstić information content (AvgIpc) is 2.54. The highest BCUT2D eigenvalue weighted by atomic mass is 19.4. The Kier molecular flexibility index (Phi) is 7.34. The third-order valence-corrected chi connectivity index (χ3v) is 3.05. The van der Waals surface area contributed by atoms with Crippen molar-refractivity contribution in [3.63, 3.8) is 0 Å². The van der Waals surface area contributed by atoms with E-state index in [2.05, 4.69) is 23.7 Å². The highest BCUT2D eigenvalue weighted by molar-refractivity contribution is 5.77. The predicted molar refractivity (Wildman–Crippen MR) is 64.6 cm³/mol. The predicted octanol–water partition coefficient (Wildman–Crippen LogP) is 1.41. The molecule has 1 aliphatic rings. The highest BCUT2D eigenvalue weighted by Gasteiger charge is 2.55. The van der Waals surface area contributed by atoms with Crippen molar-refractivity contribution in [3.8, 4) is 0 Å². The van der Waals surface area contributed by atoms with E-state index in [9.17, 15) is 53.9 Å². The molecule has 17 heteroatoms. The van der Waals surface area contributed by atoms with Gasteiger partial charge in [-0.1, -0.05) is 0 Å². The van der Waals surface area contributed by atoms with Crippen LogP contribution in [0, 0.1) is 0 Å². The summed E-state index contributed by atoms with van der Waals surface area (Å²) in [5, 5.41) is 0. The van der Waals surface area contributed by atoms with Crippen LogP contribution in [0.4, 0.5) is 39.5 Å². The van der Waals surface area contributed by atoms with Gasteiger partial charge in [0.2, 0.25) is 0 Å². The van der Waals surface area contributed by atoms with Crippen LogP contribution in [-0.2, 0) is 38.1 Å². The van der Waals surface area contributed by atoms with Gasteiger partial charge in [0.05, 0.1) is 6.61 Å². The molecule has 0 aliphatic carbocycles. The molecule has 1 rings (SSSR count). The number of methoxy groups -OCH3 is 1. The summed E-state index contributed by atoms with van der Waals surface area (Å²) in [5.74, 6) is -9.10. The summed E-state index contributed by atoms with van der Waals surface area (Å²) in [6, 6.07) is 0. The Bertz CT molecular complexity index is 626. The largest absolute Gasteiger partial charge is 0.490 e. The van der Waals surface area contributed by atoms with Crippen LogP contribution in [0.5, 0.6) is 0 Å². The number of carbonyl (C=O) groups excluding carboxylic acids is 3. The maximum absolute atomic E-state index is 12.4. The van der Waals surface area contributed by atoms with Crippen molar-refractivity contribution in [2.75, 3.05) is 13.7 Å². The lowest BCUT2D eigenvalue weighted by atomic mass is 10.0. The van der Waals surface area contributed by atoms with Crippen LogP contribution in [0.2, 0.25) is 0 Å². The summed E-state index contributed by atoms with van der Waals surface area (Å²) in [6.07, 6.45) is -27.2. The first-order valence-electron chi connectivity index (χ1n) is 6.96. The van der Waals surface area contributed by atoms with E-state index in [1.165, 1.54) is 0 Å². The summed E-state index contributed by atoms with van der Waals surface area (Å²) < 4.78 is 132. The third-order valence-electron chi connectivity index (χ3n) is 3.05. The van der Waals surface area contributed by atoms with E-state index in [1.807, 2.05) is 0 Å². The van der Waals surface area contributed by atoms with Gasteiger partial charge >= 0.3 is 36.4 Å². The molecule has 1 aliphatic heterocycles. The molecule has 168 valence electrons. The molecule has 0 bridgehead atoms. The minimum atomic E-state index is -5.75. The third kappa shape index (κ3) is 6.62. The monoisotopic (exact) mass is 452 g/mol. The molecule has 1 fully saturated rings. The second-order valence-electron chi connectivity index (χ2n) is 5.11. The summed E-state index contributed by atoms with van der Waals surface area (Å²) in [4.78, 5) is 32.9. The summed E-state index contributed by atoms with van der Waals surface area (Å²) in [5.41, 5.74) is 0. The van der Waals surface area contributed by atoms with E-state index in [4.69, 9.17) is 0 Å². The molecular formula is C12H9F9O8. The fourth-order valence-electron chi connectivity index (χ4n) is 1.90. The molecule has 4 atom stereocenters. The molecule has 1 heterocycles. The molecule has 0 amide bonds. The molecule has 29 heavy (non-hydrogen) atoms. The van der Waals surface area contributed by atoms with Gasteiger partial charge in [-0.3, -0.25) is 0 Å². The van der Waals surface area contributed by atoms with E-state index in [1.54, 1.807) is 0 Å². The van der Waals surface area contributed by atoms with Gasteiger partial charge < -0.3 is 23.7 Å². The SMILES string of the molecule is CO[C@@H]1OC[C@@H](OC(=O)C(F)(F)F)[C@H](OC(=O)C(F)(F)F)[C@@H]1OC(=O)C(F)(F)F. The molecule has 0 radical (unpaired) electrons. The van der Waals surface area contributed by atoms with Crippen LogP contribution in [-0.4, -0.2) is 74.8 Å². The molecule has 0 aromatic rings. The summed E-state index contributed by atoms with van der Waals surface area (Å²) >= 11 is 0. The van der Waals surface area contributed by atoms with Crippen molar-refractivity contribution < 1.29 is 77.6 Å². The number of ether oxygens (including phenoxy) is 5. The fraction of sp³-hybridized carbons (Fsp3) is 0.750. The Morgan fingerprint density at radius 3 is 1.48 bits per heavy atom. The number of rotatable bonds is 4. The van der Waals surface area contributed by atoms with E-state index >= 15 is 0 Å². The van der Waals surface area contributed by atoms with Crippen molar-refractivity contribution in [1.82, 2.24) is 0 Å². The van der Waals surface area contributed by atoms with Crippen LogP contribution in [0.1, 0.15) is 0 Å². The molecule has 0 N–H and O–H groups in total. The topological polar surface area (TPSA) is 97.4 Å². The molecular weight excluding hydrogens is 443 g/mol. The normalized spacial score (nSPS) is 25.9. The summed E-state index contributed by atoms with van der Waals surface area (Å²) in [7, 11) is 0.712. The Labute approximate surface area is 153 Å².